The molecule has 0 saturated carbocycles. The number of amides is 1. The summed E-state index contributed by atoms with van der Waals surface area (Å²) >= 11 is 0. The SMILES string of the molecule is CC(C)NCCCCOC1c2ccccc2C(=O)N1c1ccccc1. The van der Waals surface area contributed by atoms with Crippen molar-refractivity contribution >= 4 is 11.6 Å². The lowest BCUT2D eigenvalue weighted by Gasteiger charge is -2.25. The van der Waals surface area contributed by atoms with E-state index in [1.807, 2.05) is 54.6 Å². The van der Waals surface area contributed by atoms with E-state index in [1.165, 1.54) is 0 Å². The molecule has 3 rings (SSSR count). The molecule has 1 amide bonds. The third kappa shape index (κ3) is 4.09. The standard InChI is InChI=1S/C21H26N2O2/c1-16(2)22-14-8-9-15-25-21-19-13-7-6-12-18(19)20(24)23(21)17-10-4-3-5-11-17/h3-7,10-13,16,21-22H,8-9,14-15H2,1-2H3. The van der Waals surface area contributed by atoms with Gasteiger partial charge in [-0.15, -0.1) is 0 Å². The van der Waals surface area contributed by atoms with Crippen molar-refractivity contribution in [3.63, 3.8) is 0 Å². The number of anilines is 1. The molecule has 0 aromatic heterocycles. The van der Waals surface area contributed by atoms with E-state index in [0.29, 0.717) is 12.6 Å². The number of carbonyl (C=O) groups is 1. The van der Waals surface area contributed by atoms with Gasteiger partial charge in [0.25, 0.3) is 5.91 Å². The highest BCUT2D eigenvalue weighted by Gasteiger charge is 2.38. The normalized spacial score (nSPS) is 16.5. The Morgan fingerprint density at radius 3 is 2.52 bits per heavy atom. The van der Waals surface area contributed by atoms with E-state index in [1.54, 1.807) is 4.90 Å². The molecule has 1 atom stereocenters. The largest absolute Gasteiger partial charge is 0.354 e. The van der Waals surface area contributed by atoms with Gasteiger partial charge in [0, 0.05) is 29.5 Å². The second-order valence-corrected chi connectivity index (χ2v) is 6.64. The summed E-state index contributed by atoms with van der Waals surface area (Å²) in [4.78, 5) is 14.6. The monoisotopic (exact) mass is 338 g/mol. The lowest BCUT2D eigenvalue weighted by Crippen LogP contribution is -2.29. The third-order valence-corrected chi connectivity index (χ3v) is 4.34. The zero-order chi connectivity index (χ0) is 17.6. The fourth-order valence-corrected chi connectivity index (χ4v) is 3.10. The Hall–Kier alpha value is -2.17. The predicted octanol–water partition coefficient (Wildman–Crippen LogP) is 4.14. The molecule has 25 heavy (non-hydrogen) atoms. The van der Waals surface area contributed by atoms with Crippen molar-refractivity contribution in [1.29, 1.82) is 0 Å². The number of benzene rings is 2. The molecule has 0 bridgehead atoms. The van der Waals surface area contributed by atoms with Crippen LogP contribution in [0, 0.1) is 0 Å². The van der Waals surface area contributed by atoms with Gasteiger partial charge in [0.2, 0.25) is 0 Å². The van der Waals surface area contributed by atoms with E-state index in [9.17, 15) is 4.79 Å². The summed E-state index contributed by atoms with van der Waals surface area (Å²) in [5, 5.41) is 3.41. The molecule has 2 aromatic rings. The highest BCUT2D eigenvalue weighted by Crippen LogP contribution is 2.38. The number of para-hydroxylation sites is 1. The van der Waals surface area contributed by atoms with E-state index in [2.05, 4.69) is 19.2 Å². The van der Waals surface area contributed by atoms with Crippen molar-refractivity contribution in [3.8, 4) is 0 Å². The molecule has 1 aliphatic rings. The Kier molecular flexibility index (Phi) is 5.84. The first-order chi connectivity index (χ1) is 12.2. The molecule has 4 nitrogen and oxygen atoms in total. The lowest BCUT2D eigenvalue weighted by molar-refractivity contribution is 0.0500. The van der Waals surface area contributed by atoms with Crippen LogP contribution in [0.4, 0.5) is 5.69 Å². The van der Waals surface area contributed by atoms with Gasteiger partial charge in [-0.25, -0.2) is 0 Å². The van der Waals surface area contributed by atoms with Gasteiger partial charge in [0.1, 0.15) is 0 Å². The summed E-state index contributed by atoms with van der Waals surface area (Å²) in [6.07, 6.45) is 1.69. The van der Waals surface area contributed by atoms with Gasteiger partial charge in [-0.1, -0.05) is 50.2 Å². The number of fused-ring (bicyclic) bond motifs is 1. The molecule has 4 heteroatoms. The first-order valence-corrected chi connectivity index (χ1v) is 9.01. The van der Waals surface area contributed by atoms with Crippen molar-refractivity contribution in [3.05, 3.63) is 65.7 Å². The summed E-state index contributed by atoms with van der Waals surface area (Å²) in [7, 11) is 0. The van der Waals surface area contributed by atoms with E-state index in [0.717, 1.165) is 36.2 Å². The second kappa shape index (κ2) is 8.28. The molecule has 1 aliphatic heterocycles. The molecule has 132 valence electrons. The summed E-state index contributed by atoms with van der Waals surface area (Å²) in [6, 6.07) is 18.0. The number of unbranched alkanes of at least 4 members (excludes halogenated alkanes) is 1. The molecule has 1 heterocycles. The third-order valence-electron chi connectivity index (χ3n) is 4.34. The Labute approximate surface area is 149 Å². The van der Waals surface area contributed by atoms with Gasteiger partial charge in [0.15, 0.2) is 6.23 Å². The molecule has 2 aromatic carbocycles. The number of nitrogens with one attached hydrogen (secondary N) is 1. The van der Waals surface area contributed by atoms with Gasteiger partial charge < -0.3 is 10.1 Å². The van der Waals surface area contributed by atoms with Crippen LogP contribution in [0.1, 0.15) is 48.8 Å². The van der Waals surface area contributed by atoms with Crippen LogP contribution in [0.5, 0.6) is 0 Å². The summed E-state index contributed by atoms with van der Waals surface area (Å²) in [5.41, 5.74) is 2.56. The van der Waals surface area contributed by atoms with Gasteiger partial charge in [-0.05, 0) is 37.6 Å². The number of nitrogens with zero attached hydrogens (tertiary/aromatic N) is 1. The molecular weight excluding hydrogens is 312 g/mol. The molecule has 0 radical (unpaired) electrons. The molecule has 0 fully saturated rings. The zero-order valence-electron chi connectivity index (χ0n) is 14.9. The zero-order valence-corrected chi connectivity index (χ0v) is 14.9. The molecule has 0 aliphatic carbocycles. The van der Waals surface area contributed by atoms with Crippen LogP contribution in [-0.2, 0) is 4.74 Å². The fraction of sp³-hybridized carbons (Fsp3) is 0.381. The highest BCUT2D eigenvalue weighted by molar-refractivity contribution is 6.10. The average molecular weight is 338 g/mol. The first kappa shape index (κ1) is 17.6. The van der Waals surface area contributed by atoms with Crippen molar-refractivity contribution in [2.24, 2.45) is 0 Å². The van der Waals surface area contributed by atoms with E-state index >= 15 is 0 Å². The minimum Gasteiger partial charge on any atom is -0.354 e. The van der Waals surface area contributed by atoms with Crippen molar-refractivity contribution in [2.75, 3.05) is 18.1 Å². The number of rotatable bonds is 8. The number of ether oxygens (including phenoxy) is 1. The summed E-state index contributed by atoms with van der Waals surface area (Å²) in [5.74, 6) is 0.00766. The number of carbonyl (C=O) groups excluding carboxylic acids is 1. The maximum atomic E-state index is 12.9. The summed E-state index contributed by atoms with van der Waals surface area (Å²) < 4.78 is 6.15. The fourth-order valence-electron chi connectivity index (χ4n) is 3.10. The van der Waals surface area contributed by atoms with Gasteiger partial charge in [-0.2, -0.15) is 0 Å². The maximum absolute atomic E-state index is 12.9. The van der Waals surface area contributed by atoms with Gasteiger partial charge >= 0.3 is 0 Å². The Bertz CT molecular complexity index is 700. The molecule has 1 unspecified atom stereocenters. The van der Waals surface area contributed by atoms with E-state index in [4.69, 9.17) is 4.74 Å². The van der Waals surface area contributed by atoms with Crippen LogP contribution in [0.2, 0.25) is 0 Å². The molecule has 0 spiro atoms. The number of hydrogen-bond donors (Lipinski definition) is 1. The molecule has 0 saturated heterocycles. The van der Waals surface area contributed by atoms with Crippen molar-refractivity contribution < 1.29 is 9.53 Å². The van der Waals surface area contributed by atoms with Crippen LogP contribution < -0.4 is 10.2 Å². The molecular formula is C21H26N2O2. The lowest BCUT2D eigenvalue weighted by atomic mass is 10.1. The van der Waals surface area contributed by atoms with Crippen LogP contribution in [0.25, 0.3) is 0 Å². The van der Waals surface area contributed by atoms with Crippen LogP contribution in [0.3, 0.4) is 0 Å². The minimum absolute atomic E-state index is 0.00766. The van der Waals surface area contributed by atoms with Crippen molar-refractivity contribution in [2.45, 2.75) is 39.0 Å². The van der Waals surface area contributed by atoms with E-state index in [-0.39, 0.29) is 12.1 Å². The Morgan fingerprint density at radius 1 is 1.04 bits per heavy atom. The molecule has 1 N–H and O–H groups in total. The second-order valence-electron chi connectivity index (χ2n) is 6.64. The highest BCUT2D eigenvalue weighted by atomic mass is 16.5. The Balaban J connectivity index is 1.69. The van der Waals surface area contributed by atoms with Crippen LogP contribution >= 0.6 is 0 Å². The minimum atomic E-state index is -0.343. The number of hydrogen-bond acceptors (Lipinski definition) is 3. The topological polar surface area (TPSA) is 41.6 Å². The average Bonchev–Trinajstić information content (AvgIpc) is 2.91. The van der Waals surface area contributed by atoms with Crippen LogP contribution in [0.15, 0.2) is 54.6 Å². The van der Waals surface area contributed by atoms with Gasteiger partial charge in [-0.3, -0.25) is 9.69 Å². The van der Waals surface area contributed by atoms with Crippen LogP contribution in [-0.4, -0.2) is 25.1 Å². The van der Waals surface area contributed by atoms with E-state index < -0.39 is 0 Å². The smallest absolute Gasteiger partial charge is 0.261 e. The quantitative estimate of drug-likeness (QED) is 0.736. The Morgan fingerprint density at radius 2 is 1.76 bits per heavy atom. The van der Waals surface area contributed by atoms with Crippen molar-refractivity contribution in [1.82, 2.24) is 5.32 Å². The van der Waals surface area contributed by atoms with Gasteiger partial charge in [0.05, 0.1) is 0 Å². The first-order valence-electron chi connectivity index (χ1n) is 9.01. The maximum Gasteiger partial charge on any atom is 0.261 e. The predicted molar refractivity (Wildman–Crippen MR) is 101 cm³/mol. The summed E-state index contributed by atoms with van der Waals surface area (Å²) in [6.45, 7) is 5.92.